The van der Waals surface area contributed by atoms with Crippen LogP contribution >= 0.6 is 0 Å². The molecule has 1 N–H and O–H groups in total. The summed E-state index contributed by atoms with van der Waals surface area (Å²) in [6.45, 7) is 8.48. The molecule has 0 radical (unpaired) electrons. The third kappa shape index (κ3) is 7.83. The van der Waals surface area contributed by atoms with Crippen LogP contribution in [0, 0.1) is 29.1 Å². The highest BCUT2D eigenvalue weighted by molar-refractivity contribution is 5.22. The number of allylic oxidation sites excluding steroid dienone is 4. The first kappa shape index (κ1) is 23.4. The maximum atomic E-state index is 9.77. The molecule has 1 saturated carbocycles. The predicted molar refractivity (Wildman–Crippen MR) is 122 cm³/mol. The Morgan fingerprint density at radius 3 is 2.66 bits per heavy atom. The van der Waals surface area contributed by atoms with Crippen molar-refractivity contribution in [3.05, 3.63) is 42.1 Å². The minimum absolute atomic E-state index is 0.0908. The third-order valence-electron chi connectivity index (χ3n) is 6.66. The van der Waals surface area contributed by atoms with Crippen LogP contribution in [0.5, 0.6) is 0 Å². The molecule has 0 aromatic carbocycles. The van der Waals surface area contributed by atoms with Crippen LogP contribution in [-0.4, -0.2) is 11.7 Å². The second-order valence-electron chi connectivity index (χ2n) is 8.81. The molecule has 2 aliphatic rings. The van der Waals surface area contributed by atoms with Gasteiger partial charge >= 0.3 is 0 Å². The topological polar surface area (TPSA) is 29.5 Å². The maximum Gasteiger partial charge on any atom is 0.135 e. The van der Waals surface area contributed by atoms with Crippen LogP contribution in [-0.2, 0) is 4.74 Å². The van der Waals surface area contributed by atoms with E-state index in [1.165, 1.54) is 57.8 Å². The summed E-state index contributed by atoms with van der Waals surface area (Å²) in [7, 11) is 0. The molecule has 0 bridgehead atoms. The summed E-state index contributed by atoms with van der Waals surface area (Å²) in [5.74, 6) is 7.77. The second kappa shape index (κ2) is 12.7. The highest BCUT2D eigenvalue weighted by atomic mass is 16.5. The van der Waals surface area contributed by atoms with Gasteiger partial charge in [0, 0.05) is 12.3 Å². The summed E-state index contributed by atoms with van der Waals surface area (Å²) < 4.78 is 6.08. The van der Waals surface area contributed by atoms with Gasteiger partial charge < -0.3 is 9.84 Å². The van der Waals surface area contributed by atoms with Crippen LogP contribution in [0.4, 0.5) is 0 Å². The second-order valence-corrected chi connectivity index (χ2v) is 8.81. The molecule has 0 saturated heterocycles. The lowest BCUT2D eigenvalue weighted by Crippen LogP contribution is -2.24. The zero-order valence-electron chi connectivity index (χ0n) is 18.6. The van der Waals surface area contributed by atoms with E-state index in [9.17, 15) is 5.11 Å². The van der Waals surface area contributed by atoms with Gasteiger partial charge in [0.25, 0.3) is 0 Å². The molecule has 0 aromatic heterocycles. The van der Waals surface area contributed by atoms with Crippen molar-refractivity contribution in [3.8, 4) is 11.8 Å². The summed E-state index contributed by atoms with van der Waals surface area (Å²) in [4.78, 5) is 0. The van der Waals surface area contributed by atoms with E-state index >= 15 is 0 Å². The molecule has 0 heterocycles. The van der Waals surface area contributed by atoms with Crippen molar-refractivity contribution in [2.75, 3.05) is 6.61 Å². The zero-order chi connectivity index (χ0) is 21.0. The number of aliphatic hydroxyl groups is 1. The molecule has 2 unspecified atom stereocenters. The van der Waals surface area contributed by atoms with E-state index in [2.05, 4.69) is 49.3 Å². The first-order valence-corrected chi connectivity index (χ1v) is 11.6. The number of rotatable bonds is 11. The first-order valence-electron chi connectivity index (χ1n) is 11.6. The standard InChI is InChI=1S/C27H40O2/c1-4-7-17-27(18-9-8-10-19-27)20-11-21-29-26-15-13-23(14-16-26)24(12-5-2)22-25(28)6-3/h13,15-16,23-24,28H,3-4,7-11,14,17-22H2,1-2H3. The van der Waals surface area contributed by atoms with Gasteiger partial charge in [-0.2, -0.15) is 0 Å². The summed E-state index contributed by atoms with van der Waals surface area (Å²) >= 11 is 0. The lowest BCUT2D eigenvalue weighted by atomic mass is 9.68. The monoisotopic (exact) mass is 396 g/mol. The van der Waals surface area contributed by atoms with Crippen molar-refractivity contribution in [2.24, 2.45) is 17.3 Å². The summed E-state index contributed by atoms with van der Waals surface area (Å²) in [6.07, 6.45) is 21.5. The molecule has 0 aromatic rings. The van der Waals surface area contributed by atoms with Crippen LogP contribution in [0.15, 0.2) is 42.1 Å². The van der Waals surface area contributed by atoms with Gasteiger partial charge in [0.1, 0.15) is 11.5 Å². The minimum Gasteiger partial charge on any atom is -0.505 e. The lowest BCUT2D eigenvalue weighted by Gasteiger charge is -2.38. The smallest absolute Gasteiger partial charge is 0.135 e. The van der Waals surface area contributed by atoms with E-state index in [-0.39, 0.29) is 11.7 Å². The number of aliphatic hydroxyl groups excluding tert-OH is 1. The van der Waals surface area contributed by atoms with Gasteiger partial charge in [-0.15, -0.1) is 5.92 Å². The Kier molecular flexibility index (Phi) is 10.2. The Bertz CT molecular complexity index is 660. The molecule has 1 fully saturated rings. The number of hydrogen-bond donors (Lipinski definition) is 1. The Balaban J connectivity index is 1.78. The third-order valence-corrected chi connectivity index (χ3v) is 6.66. The van der Waals surface area contributed by atoms with Gasteiger partial charge in [-0.1, -0.05) is 63.3 Å². The molecule has 2 nitrogen and oxygen atoms in total. The summed E-state index contributed by atoms with van der Waals surface area (Å²) in [6, 6.07) is 0. The predicted octanol–water partition coefficient (Wildman–Crippen LogP) is 7.64. The van der Waals surface area contributed by atoms with Crippen LogP contribution in [0.3, 0.4) is 0 Å². The molecule has 29 heavy (non-hydrogen) atoms. The lowest BCUT2D eigenvalue weighted by molar-refractivity contribution is 0.127. The molecule has 0 amide bonds. The van der Waals surface area contributed by atoms with Crippen molar-refractivity contribution in [1.29, 1.82) is 0 Å². The normalized spacial score (nSPS) is 21.3. The zero-order valence-corrected chi connectivity index (χ0v) is 18.6. The first-order chi connectivity index (χ1) is 14.1. The highest BCUT2D eigenvalue weighted by Gasteiger charge is 2.30. The fourth-order valence-electron chi connectivity index (χ4n) is 4.91. The van der Waals surface area contributed by atoms with E-state index in [0.29, 0.717) is 17.8 Å². The van der Waals surface area contributed by atoms with Gasteiger partial charge in [0.15, 0.2) is 0 Å². The number of ether oxygens (including phenoxy) is 1. The van der Waals surface area contributed by atoms with E-state index in [0.717, 1.165) is 25.2 Å². The molecule has 2 rings (SSSR count). The number of unbranched alkanes of at least 4 members (excludes halogenated alkanes) is 1. The highest BCUT2D eigenvalue weighted by Crippen LogP contribution is 2.44. The van der Waals surface area contributed by atoms with Crippen molar-refractivity contribution in [1.82, 2.24) is 0 Å². The van der Waals surface area contributed by atoms with Crippen molar-refractivity contribution in [3.63, 3.8) is 0 Å². The molecule has 0 spiro atoms. The van der Waals surface area contributed by atoms with Crippen LogP contribution < -0.4 is 0 Å². The SMILES string of the molecule is C=C=C(O)CC(C#CC)C1C=CC(OCCCC2(CCCC)CCCCC2)=CC1. The largest absolute Gasteiger partial charge is 0.505 e. The Labute approximate surface area is 178 Å². The van der Waals surface area contributed by atoms with Crippen molar-refractivity contribution in [2.45, 2.75) is 90.9 Å². The average molecular weight is 397 g/mol. The Morgan fingerprint density at radius 1 is 1.28 bits per heavy atom. The molecule has 2 atom stereocenters. The maximum absolute atomic E-state index is 9.77. The summed E-state index contributed by atoms with van der Waals surface area (Å²) in [5, 5.41) is 9.77. The molecule has 2 heteroatoms. The summed E-state index contributed by atoms with van der Waals surface area (Å²) in [5.41, 5.74) is 3.16. The van der Waals surface area contributed by atoms with E-state index < -0.39 is 0 Å². The molecule has 0 aliphatic heterocycles. The van der Waals surface area contributed by atoms with Crippen LogP contribution in [0.25, 0.3) is 0 Å². The fraction of sp³-hybridized carbons (Fsp3) is 0.667. The van der Waals surface area contributed by atoms with Crippen molar-refractivity contribution >= 4 is 0 Å². The molecule has 160 valence electrons. The van der Waals surface area contributed by atoms with E-state index in [4.69, 9.17) is 4.74 Å². The molecular weight excluding hydrogens is 356 g/mol. The van der Waals surface area contributed by atoms with E-state index in [1.54, 1.807) is 0 Å². The number of hydrogen-bond acceptors (Lipinski definition) is 2. The molecule has 2 aliphatic carbocycles. The van der Waals surface area contributed by atoms with Gasteiger partial charge in [-0.25, -0.2) is 0 Å². The quantitative estimate of drug-likeness (QED) is 0.168. The average Bonchev–Trinajstić information content (AvgIpc) is 2.76. The van der Waals surface area contributed by atoms with E-state index in [1.807, 2.05) is 6.92 Å². The van der Waals surface area contributed by atoms with Gasteiger partial charge in [0.05, 0.1) is 6.61 Å². The Hall–Kier alpha value is -1.84. The van der Waals surface area contributed by atoms with Crippen LogP contribution in [0.1, 0.15) is 90.9 Å². The fourth-order valence-corrected chi connectivity index (χ4v) is 4.91. The molecular formula is C27H40O2. The van der Waals surface area contributed by atoms with Crippen LogP contribution in [0.2, 0.25) is 0 Å². The Morgan fingerprint density at radius 2 is 2.03 bits per heavy atom. The van der Waals surface area contributed by atoms with Gasteiger partial charge in [-0.3, -0.25) is 0 Å². The van der Waals surface area contributed by atoms with Gasteiger partial charge in [-0.05, 0) is 68.9 Å². The minimum atomic E-state index is 0.0908. The van der Waals surface area contributed by atoms with Gasteiger partial charge in [0.2, 0.25) is 0 Å². The van der Waals surface area contributed by atoms with Crippen molar-refractivity contribution < 1.29 is 9.84 Å².